The Morgan fingerprint density at radius 3 is 2.85 bits per heavy atom. The summed E-state index contributed by atoms with van der Waals surface area (Å²) >= 11 is 6.15. The summed E-state index contributed by atoms with van der Waals surface area (Å²) in [5.74, 6) is 0.891. The molecule has 1 unspecified atom stereocenters. The van der Waals surface area contributed by atoms with Crippen molar-refractivity contribution in [3.05, 3.63) is 42.0 Å². The molecule has 5 nitrogen and oxygen atoms in total. The van der Waals surface area contributed by atoms with Crippen LogP contribution in [0.5, 0.6) is 0 Å². The summed E-state index contributed by atoms with van der Waals surface area (Å²) in [7, 11) is 1.80. The van der Waals surface area contributed by atoms with Crippen molar-refractivity contribution in [2.75, 3.05) is 0 Å². The van der Waals surface area contributed by atoms with Crippen LogP contribution in [0.4, 0.5) is 4.39 Å². The molecule has 2 heterocycles. The molecular weight excluding hydrogens is 281 g/mol. The third kappa shape index (κ3) is 2.16. The SMILES string of the molecule is CC(Cl)c1nc2c(F)cccc2n1Cc1ncn(C)n1. The van der Waals surface area contributed by atoms with Crippen molar-refractivity contribution in [3.63, 3.8) is 0 Å². The van der Waals surface area contributed by atoms with E-state index in [0.717, 1.165) is 0 Å². The van der Waals surface area contributed by atoms with Gasteiger partial charge in [-0.3, -0.25) is 4.68 Å². The summed E-state index contributed by atoms with van der Waals surface area (Å²) in [6, 6.07) is 4.86. The molecule has 7 heteroatoms. The van der Waals surface area contributed by atoms with E-state index in [9.17, 15) is 4.39 Å². The molecule has 0 aliphatic carbocycles. The molecule has 0 N–H and O–H groups in total. The number of imidazole rings is 1. The summed E-state index contributed by atoms with van der Waals surface area (Å²) in [6.45, 7) is 2.22. The lowest BCUT2D eigenvalue weighted by Gasteiger charge is -2.08. The van der Waals surface area contributed by atoms with Gasteiger partial charge in [0, 0.05) is 7.05 Å². The quantitative estimate of drug-likeness (QED) is 0.698. The molecule has 2 aromatic heterocycles. The van der Waals surface area contributed by atoms with Gasteiger partial charge in [-0.2, -0.15) is 5.10 Å². The van der Waals surface area contributed by atoms with Gasteiger partial charge in [0.15, 0.2) is 11.6 Å². The van der Waals surface area contributed by atoms with Crippen molar-refractivity contribution < 1.29 is 4.39 Å². The van der Waals surface area contributed by atoms with Gasteiger partial charge in [-0.1, -0.05) is 6.07 Å². The minimum atomic E-state index is -0.353. The van der Waals surface area contributed by atoms with E-state index < -0.39 is 0 Å². The molecule has 20 heavy (non-hydrogen) atoms. The molecule has 104 valence electrons. The highest BCUT2D eigenvalue weighted by Crippen LogP contribution is 2.26. The van der Waals surface area contributed by atoms with Crippen molar-refractivity contribution in [2.45, 2.75) is 18.8 Å². The third-order valence-electron chi connectivity index (χ3n) is 3.06. The molecule has 3 aromatic rings. The summed E-state index contributed by atoms with van der Waals surface area (Å²) in [6.07, 6.45) is 1.62. The van der Waals surface area contributed by atoms with Gasteiger partial charge >= 0.3 is 0 Å². The largest absolute Gasteiger partial charge is 0.319 e. The zero-order chi connectivity index (χ0) is 14.3. The molecular formula is C13H13ClFN5. The first-order chi connectivity index (χ1) is 9.56. The summed E-state index contributed by atoms with van der Waals surface area (Å²) in [5, 5.41) is 3.91. The fraction of sp³-hybridized carbons (Fsp3) is 0.308. The molecule has 0 amide bonds. The van der Waals surface area contributed by atoms with Crippen molar-refractivity contribution in [2.24, 2.45) is 7.05 Å². The van der Waals surface area contributed by atoms with Crippen LogP contribution in [0.3, 0.4) is 0 Å². The number of nitrogens with zero attached hydrogens (tertiary/aromatic N) is 5. The summed E-state index contributed by atoms with van der Waals surface area (Å²) < 4.78 is 17.3. The van der Waals surface area contributed by atoms with Crippen molar-refractivity contribution in [1.82, 2.24) is 24.3 Å². The molecule has 0 aliphatic heterocycles. The maximum absolute atomic E-state index is 13.8. The lowest BCUT2D eigenvalue weighted by molar-refractivity contribution is 0.637. The van der Waals surface area contributed by atoms with E-state index in [-0.39, 0.29) is 11.2 Å². The number of benzene rings is 1. The first-order valence-electron chi connectivity index (χ1n) is 6.19. The Labute approximate surface area is 120 Å². The van der Waals surface area contributed by atoms with Gasteiger partial charge in [0.1, 0.15) is 17.7 Å². The number of fused-ring (bicyclic) bond motifs is 1. The smallest absolute Gasteiger partial charge is 0.170 e. The van der Waals surface area contributed by atoms with Crippen LogP contribution < -0.4 is 0 Å². The molecule has 1 atom stereocenters. The van der Waals surface area contributed by atoms with Crippen LogP contribution in [0.1, 0.15) is 23.9 Å². The van der Waals surface area contributed by atoms with Gasteiger partial charge in [-0.25, -0.2) is 14.4 Å². The van der Waals surface area contributed by atoms with Gasteiger partial charge in [0.2, 0.25) is 0 Å². The molecule has 0 saturated carbocycles. The van der Waals surface area contributed by atoms with Crippen molar-refractivity contribution >= 4 is 22.6 Å². The zero-order valence-corrected chi connectivity index (χ0v) is 11.8. The van der Waals surface area contributed by atoms with Gasteiger partial charge in [0.25, 0.3) is 0 Å². The monoisotopic (exact) mass is 293 g/mol. The molecule has 0 spiro atoms. The minimum Gasteiger partial charge on any atom is -0.319 e. The van der Waals surface area contributed by atoms with E-state index in [1.807, 2.05) is 17.6 Å². The molecule has 1 aromatic carbocycles. The van der Waals surface area contributed by atoms with Gasteiger partial charge in [-0.15, -0.1) is 11.6 Å². The summed E-state index contributed by atoms with van der Waals surface area (Å²) in [5.41, 5.74) is 1.02. The average molecular weight is 294 g/mol. The Balaban J connectivity index is 2.16. The molecule has 0 saturated heterocycles. The number of aryl methyl sites for hydroxylation is 1. The molecule has 0 bridgehead atoms. The maximum atomic E-state index is 13.8. The normalized spacial score (nSPS) is 13.0. The van der Waals surface area contributed by atoms with E-state index >= 15 is 0 Å². The molecule has 0 aliphatic rings. The van der Waals surface area contributed by atoms with E-state index in [0.29, 0.717) is 29.2 Å². The number of halogens is 2. The number of hydrogen-bond donors (Lipinski definition) is 0. The van der Waals surface area contributed by atoms with Crippen LogP contribution in [-0.4, -0.2) is 24.3 Å². The number of hydrogen-bond acceptors (Lipinski definition) is 3. The molecule has 0 fully saturated rings. The predicted molar refractivity (Wildman–Crippen MR) is 74.1 cm³/mol. The van der Waals surface area contributed by atoms with Crippen LogP contribution in [0.25, 0.3) is 11.0 Å². The first kappa shape index (κ1) is 13.1. The van der Waals surface area contributed by atoms with E-state index in [1.165, 1.54) is 6.07 Å². The van der Waals surface area contributed by atoms with Crippen LogP contribution in [0, 0.1) is 5.82 Å². The Morgan fingerprint density at radius 2 is 2.20 bits per heavy atom. The van der Waals surface area contributed by atoms with Crippen LogP contribution in [-0.2, 0) is 13.6 Å². The zero-order valence-electron chi connectivity index (χ0n) is 11.1. The number of alkyl halides is 1. The number of para-hydroxylation sites is 1. The Kier molecular flexibility index (Phi) is 3.17. The lowest BCUT2D eigenvalue weighted by Crippen LogP contribution is -2.07. The fourth-order valence-corrected chi connectivity index (χ4v) is 2.36. The third-order valence-corrected chi connectivity index (χ3v) is 3.26. The number of aromatic nitrogens is 5. The van der Waals surface area contributed by atoms with Gasteiger partial charge in [-0.05, 0) is 19.1 Å². The second kappa shape index (κ2) is 4.86. The van der Waals surface area contributed by atoms with Crippen molar-refractivity contribution in [3.8, 4) is 0 Å². The van der Waals surface area contributed by atoms with Crippen LogP contribution >= 0.6 is 11.6 Å². The van der Waals surface area contributed by atoms with Gasteiger partial charge < -0.3 is 4.57 Å². The lowest BCUT2D eigenvalue weighted by atomic mass is 10.3. The van der Waals surface area contributed by atoms with E-state index in [1.54, 1.807) is 24.1 Å². The second-order valence-electron chi connectivity index (χ2n) is 4.61. The standard InChI is InChI=1S/C13H13ClFN5/c1-8(14)13-17-12-9(15)4-3-5-10(12)20(13)6-11-16-7-19(2)18-11/h3-5,7-8H,6H2,1-2H3. The molecule has 3 rings (SSSR count). The maximum Gasteiger partial charge on any atom is 0.170 e. The minimum absolute atomic E-state index is 0.325. The van der Waals surface area contributed by atoms with Crippen LogP contribution in [0.15, 0.2) is 24.5 Å². The Hall–Kier alpha value is -1.95. The predicted octanol–water partition coefficient (Wildman–Crippen LogP) is 2.65. The molecule has 0 radical (unpaired) electrons. The Bertz CT molecular complexity index is 761. The Morgan fingerprint density at radius 1 is 1.40 bits per heavy atom. The highest BCUT2D eigenvalue weighted by atomic mass is 35.5. The first-order valence-corrected chi connectivity index (χ1v) is 6.63. The fourth-order valence-electron chi connectivity index (χ4n) is 2.20. The second-order valence-corrected chi connectivity index (χ2v) is 5.27. The van der Waals surface area contributed by atoms with E-state index in [4.69, 9.17) is 11.6 Å². The van der Waals surface area contributed by atoms with E-state index in [2.05, 4.69) is 15.1 Å². The number of rotatable bonds is 3. The summed E-state index contributed by atoms with van der Waals surface area (Å²) in [4.78, 5) is 8.50. The average Bonchev–Trinajstić information content (AvgIpc) is 2.96. The van der Waals surface area contributed by atoms with Gasteiger partial charge in [0.05, 0.1) is 17.4 Å². The highest BCUT2D eigenvalue weighted by Gasteiger charge is 2.18. The van der Waals surface area contributed by atoms with Crippen LogP contribution in [0.2, 0.25) is 0 Å². The topological polar surface area (TPSA) is 48.5 Å². The highest BCUT2D eigenvalue weighted by molar-refractivity contribution is 6.20. The van der Waals surface area contributed by atoms with Crippen molar-refractivity contribution in [1.29, 1.82) is 0 Å².